The Morgan fingerprint density at radius 2 is 1.50 bits per heavy atom. The Hall–Kier alpha value is -2.35. The molecule has 2 aromatic rings. The van der Waals surface area contributed by atoms with Gasteiger partial charge in [-0.1, -0.05) is 86.0 Å². The third-order valence-corrected chi connectivity index (χ3v) is 6.55. The lowest BCUT2D eigenvalue weighted by Crippen LogP contribution is -2.34. The van der Waals surface area contributed by atoms with Gasteiger partial charge in [0, 0.05) is 18.7 Å². The van der Waals surface area contributed by atoms with Crippen LogP contribution in [0.15, 0.2) is 72.3 Å². The van der Waals surface area contributed by atoms with Gasteiger partial charge in [0.25, 0.3) is 0 Å². The van der Waals surface area contributed by atoms with Gasteiger partial charge in [-0.15, -0.1) is 0 Å². The number of benzene rings is 2. The summed E-state index contributed by atoms with van der Waals surface area (Å²) in [4.78, 5) is 15.5. The van der Waals surface area contributed by atoms with Crippen LogP contribution in [0.4, 0.5) is 0 Å². The van der Waals surface area contributed by atoms with E-state index in [4.69, 9.17) is 0 Å². The summed E-state index contributed by atoms with van der Waals surface area (Å²) in [6.45, 7) is 1.46. The van der Waals surface area contributed by atoms with Crippen molar-refractivity contribution >= 4 is 5.91 Å². The summed E-state index contributed by atoms with van der Waals surface area (Å²) in [6.07, 6.45) is 11.9. The largest absolute Gasteiger partial charge is 0.334 e. The summed E-state index contributed by atoms with van der Waals surface area (Å²) < 4.78 is 0. The molecule has 28 heavy (non-hydrogen) atoms. The van der Waals surface area contributed by atoms with Gasteiger partial charge in [-0.25, -0.2) is 0 Å². The third-order valence-electron chi connectivity index (χ3n) is 6.55. The number of carbonyl (C=O) groups excluding carboxylic acids is 1. The summed E-state index contributed by atoms with van der Waals surface area (Å²) in [5, 5.41) is 0. The van der Waals surface area contributed by atoms with Crippen molar-refractivity contribution in [3.63, 3.8) is 0 Å². The van der Waals surface area contributed by atoms with Gasteiger partial charge in [0.15, 0.2) is 0 Å². The van der Waals surface area contributed by atoms with Crippen LogP contribution in [0, 0.1) is 5.41 Å². The highest BCUT2D eigenvalue weighted by molar-refractivity contribution is 5.94. The molecule has 1 spiro atoms. The Labute approximate surface area is 169 Å². The molecule has 0 saturated heterocycles. The van der Waals surface area contributed by atoms with Gasteiger partial charge in [0.1, 0.15) is 0 Å². The van der Waals surface area contributed by atoms with E-state index in [9.17, 15) is 4.79 Å². The van der Waals surface area contributed by atoms with Crippen molar-refractivity contribution in [3.8, 4) is 0 Å². The second kappa shape index (κ2) is 8.77. The van der Waals surface area contributed by atoms with E-state index in [-0.39, 0.29) is 5.91 Å². The minimum Gasteiger partial charge on any atom is -0.334 e. The summed E-state index contributed by atoms with van der Waals surface area (Å²) >= 11 is 0. The number of hydrogen-bond acceptors (Lipinski definition) is 1. The van der Waals surface area contributed by atoms with E-state index in [0.29, 0.717) is 12.0 Å². The maximum absolute atomic E-state index is 13.5. The second-order valence-corrected chi connectivity index (χ2v) is 8.62. The van der Waals surface area contributed by atoms with Crippen molar-refractivity contribution in [3.05, 3.63) is 83.4 Å². The van der Waals surface area contributed by atoms with E-state index in [1.54, 1.807) is 0 Å². The van der Waals surface area contributed by atoms with Gasteiger partial charge >= 0.3 is 0 Å². The number of nitrogens with zero attached hydrogens (tertiary/aromatic N) is 1. The molecule has 0 atom stereocenters. The minimum absolute atomic E-state index is 0.252. The van der Waals surface area contributed by atoms with E-state index in [1.165, 1.54) is 43.2 Å². The predicted octanol–water partition coefficient (Wildman–Crippen LogP) is 5.93. The Morgan fingerprint density at radius 3 is 2.18 bits per heavy atom. The van der Waals surface area contributed by atoms with Gasteiger partial charge in [0.2, 0.25) is 5.91 Å². The summed E-state index contributed by atoms with van der Waals surface area (Å²) in [6, 6.07) is 20.9. The van der Waals surface area contributed by atoms with E-state index in [0.717, 1.165) is 31.4 Å². The number of hydrogen-bond donors (Lipinski definition) is 0. The standard InChI is InChI=1S/C26H31NO/c28-25(24-14-18-26(20-24)16-8-3-9-17-26)27(21-23-12-6-2-7-13-23)19-15-22-10-4-1-5-11-22/h1-2,4-7,10-14H,3,8-9,15-21H2. The Balaban J connectivity index is 1.46. The number of amides is 1. The van der Waals surface area contributed by atoms with Gasteiger partial charge in [-0.05, 0) is 48.6 Å². The van der Waals surface area contributed by atoms with Crippen molar-refractivity contribution in [1.29, 1.82) is 0 Å². The SMILES string of the molecule is O=C(C1=CCC2(CCCCC2)C1)N(CCc1ccccc1)Cc1ccccc1. The molecule has 0 unspecified atom stereocenters. The van der Waals surface area contributed by atoms with Gasteiger partial charge in [-0.3, -0.25) is 4.79 Å². The summed E-state index contributed by atoms with van der Waals surface area (Å²) in [7, 11) is 0. The lowest BCUT2D eigenvalue weighted by molar-refractivity contribution is -0.128. The maximum Gasteiger partial charge on any atom is 0.249 e. The lowest BCUT2D eigenvalue weighted by Gasteiger charge is -2.34. The first-order valence-electron chi connectivity index (χ1n) is 10.8. The minimum atomic E-state index is 0.252. The van der Waals surface area contributed by atoms with Crippen LogP contribution in [-0.4, -0.2) is 17.4 Å². The number of rotatable bonds is 6. The molecule has 0 bridgehead atoms. The molecule has 2 heteroatoms. The zero-order valence-corrected chi connectivity index (χ0v) is 16.8. The molecular formula is C26H31NO. The maximum atomic E-state index is 13.5. The fourth-order valence-corrected chi connectivity index (χ4v) is 4.90. The van der Waals surface area contributed by atoms with Crippen LogP contribution in [0.3, 0.4) is 0 Å². The molecule has 0 heterocycles. The average molecular weight is 374 g/mol. The van der Waals surface area contributed by atoms with Crippen molar-refractivity contribution in [2.24, 2.45) is 5.41 Å². The van der Waals surface area contributed by atoms with E-state index in [1.807, 2.05) is 12.1 Å². The molecule has 1 saturated carbocycles. The Bertz CT molecular complexity index is 803. The monoisotopic (exact) mass is 373 g/mol. The molecule has 0 radical (unpaired) electrons. The Morgan fingerprint density at radius 1 is 0.857 bits per heavy atom. The first-order chi connectivity index (χ1) is 13.7. The van der Waals surface area contributed by atoms with Crippen molar-refractivity contribution in [2.75, 3.05) is 6.54 Å². The second-order valence-electron chi connectivity index (χ2n) is 8.62. The topological polar surface area (TPSA) is 20.3 Å². The van der Waals surface area contributed by atoms with Crippen molar-refractivity contribution < 1.29 is 4.79 Å². The molecule has 0 aromatic heterocycles. The van der Waals surface area contributed by atoms with Gasteiger partial charge in [0.05, 0.1) is 0 Å². The van der Waals surface area contributed by atoms with Crippen LogP contribution in [0.1, 0.15) is 56.1 Å². The zero-order chi connectivity index (χ0) is 19.2. The molecule has 1 fully saturated rings. The van der Waals surface area contributed by atoms with Crippen LogP contribution < -0.4 is 0 Å². The normalized spacial score (nSPS) is 18.1. The highest BCUT2D eigenvalue weighted by atomic mass is 16.2. The molecular weight excluding hydrogens is 342 g/mol. The van der Waals surface area contributed by atoms with Crippen molar-refractivity contribution in [2.45, 2.75) is 57.9 Å². The zero-order valence-electron chi connectivity index (χ0n) is 16.8. The molecule has 1 amide bonds. The molecule has 0 aliphatic heterocycles. The molecule has 4 rings (SSSR count). The fraction of sp³-hybridized carbons (Fsp3) is 0.423. The highest BCUT2D eigenvalue weighted by Gasteiger charge is 2.38. The third kappa shape index (κ3) is 4.55. The Kier molecular flexibility index (Phi) is 5.95. The molecule has 2 aliphatic rings. The van der Waals surface area contributed by atoms with Gasteiger partial charge < -0.3 is 4.90 Å². The quantitative estimate of drug-likeness (QED) is 0.615. The first kappa shape index (κ1) is 19.0. The number of allylic oxidation sites excluding steroid dienone is 1. The van der Waals surface area contributed by atoms with Crippen LogP contribution in [0.5, 0.6) is 0 Å². The number of carbonyl (C=O) groups is 1. The highest BCUT2D eigenvalue weighted by Crippen LogP contribution is 2.48. The molecule has 2 aromatic carbocycles. The first-order valence-corrected chi connectivity index (χ1v) is 10.8. The van der Waals surface area contributed by atoms with Crippen LogP contribution in [0.25, 0.3) is 0 Å². The van der Waals surface area contributed by atoms with Crippen LogP contribution in [0.2, 0.25) is 0 Å². The molecule has 2 nitrogen and oxygen atoms in total. The van der Waals surface area contributed by atoms with Crippen LogP contribution in [-0.2, 0) is 17.8 Å². The summed E-state index contributed by atoms with van der Waals surface area (Å²) in [5.74, 6) is 0.252. The van der Waals surface area contributed by atoms with E-state index in [2.05, 4.69) is 59.5 Å². The van der Waals surface area contributed by atoms with Crippen LogP contribution >= 0.6 is 0 Å². The van der Waals surface area contributed by atoms with E-state index < -0.39 is 0 Å². The molecule has 0 N–H and O–H groups in total. The predicted molar refractivity (Wildman–Crippen MR) is 115 cm³/mol. The summed E-state index contributed by atoms with van der Waals surface area (Å²) in [5.41, 5.74) is 3.94. The smallest absolute Gasteiger partial charge is 0.249 e. The van der Waals surface area contributed by atoms with Gasteiger partial charge in [-0.2, -0.15) is 0 Å². The average Bonchev–Trinajstić information content (AvgIpc) is 3.16. The molecule has 146 valence electrons. The van der Waals surface area contributed by atoms with Crippen molar-refractivity contribution in [1.82, 2.24) is 4.90 Å². The lowest BCUT2D eigenvalue weighted by atomic mass is 9.72. The molecule has 2 aliphatic carbocycles. The fourth-order valence-electron chi connectivity index (χ4n) is 4.90. The van der Waals surface area contributed by atoms with E-state index >= 15 is 0 Å².